The van der Waals surface area contributed by atoms with Crippen molar-refractivity contribution in [3.8, 4) is 28.5 Å². The van der Waals surface area contributed by atoms with Crippen LogP contribution in [0.5, 0.6) is 17.2 Å². The third-order valence-corrected chi connectivity index (χ3v) is 5.50. The van der Waals surface area contributed by atoms with Crippen molar-refractivity contribution in [3.05, 3.63) is 65.4 Å². The van der Waals surface area contributed by atoms with Crippen molar-refractivity contribution in [2.24, 2.45) is 0 Å². The first kappa shape index (κ1) is 20.6. The highest BCUT2D eigenvalue weighted by Gasteiger charge is 2.20. The van der Waals surface area contributed by atoms with E-state index in [0.29, 0.717) is 11.5 Å². The van der Waals surface area contributed by atoms with Crippen LogP contribution in [0.3, 0.4) is 0 Å². The van der Waals surface area contributed by atoms with Gasteiger partial charge in [-0.1, -0.05) is 31.2 Å². The van der Waals surface area contributed by atoms with E-state index in [0.717, 1.165) is 46.0 Å². The van der Waals surface area contributed by atoms with Gasteiger partial charge in [-0.25, -0.2) is 4.98 Å². The number of fused-ring (bicyclic) bond motifs is 1. The maximum absolute atomic E-state index is 10.4. The van der Waals surface area contributed by atoms with Crippen LogP contribution in [0.15, 0.2) is 48.7 Å². The first-order valence-corrected chi connectivity index (χ1v) is 10.3. The van der Waals surface area contributed by atoms with Crippen LogP contribution in [0.1, 0.15) is 23.6 Å². The molecule has 6 nitrogen and oxygen atoms in total. The third kappa shape index (κ3) is 3.65. The third-order valence-electron chi connectivity index (χ3n) is 5.50. The molecule has 0 aliphatic carbocycles. The molecule has 4 aromatic rings. The lowest BCUT2D eigenvalue weighted by Gasteiger charge is -2.16. The van der Waals surface area contributed by atoms with Crippen LogP contribution in [0, 0.1) is 13.8 Å². The number of hydrogen-bond donors (Lipinski definition) is 2. The van der Waals surface area contributed by atoms with Gasteiger partial charge in [-0.05, 0) is 55.2 Å². The molecule has 0 bridgehead atoms. The Kier molecular flexibility index (Phi) is 5.46. The van der Waals surface area contributed by atoms with Crippen LogP contribution in [-0.4, -0.2) is 28.7 Å². The van der Waals surface area contributed by atoms with Gasteiger partial charge in [0.15, 0.2) is 11.5 Å². The van der Waals surface area contributed by atoms with E-state index in [-0.39, 0.29) is 5.75 Å². The van der Waals surface area contributed by atoms with E-state index in [4.69, 9.17) is 14.5 Å². The average molecular weight is 418 g/mol. The van der Waals surface area contributed by atoms with Crippen LogP contribution >= 0.6 is 0 Å². The molecule has 0 saturated carbocycles. The standard InChI is InChI=1S/C25H27N3O3/c1-6-17-9-7-8-16(3)22(17)27-25-23(26-21-11-10-15(2)14-28(21)25)18-12-19(30-4)24(29)20(13-18)31-5/h7-14,27,29H,6H2,1-5H3. The fraction of sp³-hybridized carbons (Fsp3) is 0.240. The van der Waals surface area contributed by atoms with Crippen LogP contribution < -0.4 is 14.8 Å². The number of phenolic OH excluding ortho intramolecular Hbond substituents is 1. The van der Waals surface area contributed by atoms with Crippen LogP contribution in [-0.2, 0) is 6.42 Å². The van der Waals surface area contributed by atoms with Crippen molar-refractivity contribution < 1.29 is 14.6 Å². The number of anilines is 2. The molecule has 0 saturated heterocycles. The van der Waals surface area contributed by atoms with E-state index < -0.39 is 0 Å². The second kappa shape index (κ2) is 8.22. The van der Waals surface area contributed by atoms with Crippen molar-refractivity contribution in [1.82, 2.24) is 9.38 Å². The minimum atomic E-state index is -0.0324. The molecule has 0 amide bonds. The molecule has 31 heavy (non-hydrogen) atoms. The second-order valence-electron chi connectivity index (χ2n) is 7.56. The van der Waals surface area contributed by atoms with Gasteiger partial charge >= 0.3 is 0 Å². The summed E-state index contributed by atoms with van der Waals surface area (Å²) >= 11 is 0. The first-order valence-electron chi connectivity index (χ1n) is 10.3. The molecule has 0 aliphatic rings. The minimum Gasteiger partial charge on any atom is -0.502 e. The number of rotatable bonds is 6. The Morgan fingerprint density at radius 1 is 1.03 bits per heavy atom. The van der Waals surface area contributed by atoms with Crippen molar-refractivity contribution in [3.63, 3.8) is 0 Å². The summed E-state index contributed by atoms with van der Waals surface area (Å²) in [6.45, 7) is 6.30. The molecule has 0 atom stereocenters. The van der Waals surface area contributed by atoms with Gasteiger partial charge in [0, 0.05) is 17.4 Å². The molecular weight excluding hydrogens is 390 g/mol. The van der Waals surface area contributed by atoms with E-state index in [1.54, 1.807) is 12.1 Å². The van der Waals surface area contributed by atoms with E-state index in [1.165, 1.54) is 19.8 Å². The van der Waals surface area contributed by atoms with Gasteiger partial charge < -0.3 is 19.9 Å². The molecule has 0 spiro atoms. The Balaban J connectivity index is 1.98. The van der Waals surface area contributed by atoms with Gasteiger partial charge in [-0.2, -0.15) is 0 Å². The number of nitrogens with one attached hydrogen (secondary N) is 1. The average Bonchev–Trinajstić information content (AvgIpc) is 3.12. The lowest BCUT2D eigenvalue weighted by atomic mass is 10.1. The summed E-state index contributed by atoms with van der Waals surface area (Å²) in [5.41, 5.74) is 6.94. The summed E-state index contributed by atoms with van der Waals surface area (Å²) in [4.78, 5) is 4.89. The number of hydrogen-bond acceptors (Lipinski definition) is 5. The Morgan fingerprint density at radius 2 is 1.74 bits per heavy atom. The highest BCUT2D eigenvalue weighted by atomic mass is 16.5. The van der Waals surface area contributed by atoms with E-state index in [1.807, 2.05) is 12.1 Å². The molecule has 6 heteroatoms. The van der Waals surface area contributed by atoms with Crippen LogP contribution in [0.4, 0.5) is 11.5 Å². The fourth-order valence-corrected chi connectivity index (χ4v) is 3.82. The molecule has 0 fully saturated rings. The fourth-order valence-electron chi connectivity index (χ4n) is 3.82. The minimum absolute atomic E-state index is 0.0324. The number of aryl methyl sites for hydroxylation is 3. The lowest BCUT2D eigenvalue weighted by molar-refractivity contribution is 0.340. The predicted octanol–water partition coefficient (Wildman–Crippen LogP) is 5.65. The van der Waals surface area contributed by atoms with Crippen LogP contribution in [0.2, 0.25) is 0 Å². The molecule has 2 aromatic carbocycles. The number of methoxy groups -OCH3 is 2. The molecule has 0 aliphatic heterocycles. The van der Waals surface area contributed by atoms with E-state index in [9.17, 15) is 5.11 Å². The highest BCUT2D eigenvalue weighted by Crippen LogP contribution is 2.42. The zero-order valence-electron chi connectivity index (χ0n) is 18.5. The number of nitrogens with zero attached hydrogens (tertiary/aromatic N) is 2. The second-order valence-corrected chi connectivity index (χ2v) is 7.56. The number of benzene rings is 2. The van der Waals surface area contributed by atoms with E-state index in [2.05, 4.69) is 54.9 Å². The number of aromatic nitrogens is 2. The zero-order chi connectivity index (χ0) is 22.1. The molecular formula is C25H27N3O3. The largest absolute Gasteiger partial charge is 0.502 e. The Morgan fingerprint density at radius 3 is 2.39 bits per heavy atom. The molecule has 4 rings (SSSR count). The monoisotopic (exact) mass is 417 g/mol. The SMILES string of the molecule is CCc1cccc(C)c1Nc1c(-c2cc(OC)c(O)c(OC)c2)nc2ccc(C)cn12. The number of pyridine rings is 1. The van der Waals surface area contributed by atoms with Crippen molar-refractivity contribution in [2.75, 3.05) is 19.5 Å². The van der Waals surface area contributed by atoms with Crippen molar-refractivity contribution in [2.45, 2.75) is 27.2 Å². The lowest BCUT2D eigenvalue weighted by Crippen LogP contribution is -2.02. The number of para-hydroxylation sites is 1. The quantitative estimate of drug-likeness (QED) is 0.424. The number of ether oxygens (including phenoxy) is 2. The predicted molar refractivity (Wildman–Crippen MR) is 124 cm³/mol. The smallest absolute Gasteiger partial charge is 0.200 e. The van der Waals surface area contributed by atoms with Gasteiger partial charge in [0.25, 0.3) is 0 Å². The van der Waals surface area contributed by atoms with Gasteiger partial charge in [0.1, 0.15) is 17.2 Å². The molecule has 0 unspecified atom stereocenters. The highest BCUT2D eigenvalue weighted by molar-refractivity contribution is 5.83. The summed E-state index contributed by atoms with van der Waals surface area (Å²) in [5, 5.41) is 14.0. The van der Waals surface area contributed by atoms with Gasteiger partial charge in [0.2, 0.25) is 5.75 Å². The number of imidazole rings is 1. The van der Waals surface area contributed by atoms with E-state index >= 15 is 0 Å². The summed E-state index contributed by atoms with van der Waals surface area (Å²) < 4.78 is 12.8. The molecule has 2 N–H and O–H groups in total. The Labute approximate surface area is 182 Å². The summed E-state index contributed by atoms with van der Waals surface area (Å²) in [5.74, 6) is 1.48. The Bertz CT molecular complexity index is 1240. The molecule has 2 heterocycles. The number of aromatic hydroxyl groups is 1. The molecule has 160 valence electrons. The summed E-state index contributed by atoms with van der Waals surface area (Å²) in [6, 6.07) is 13.9. The molecule has 2 aromatic heterocycles. The van der Waals surface area contributed by atoms with Crippen molar-refractivity contribution in [1.29, 1.82) is 0 Å². The maximum atomic E-state index is 10.4. The first-order chi connectivity index (χ1) is 15.0. The zero-order valence-corrected chi connectivity index (χ0v) is 18.5. The van der Waals surface area contributed by atoms with Gasteiger partial charge in [-0.3, -0.25) is 4.40 Å². The Hall–Kier alpha value is -3.67. The van der Waals surface area contributed by atoms with Crippen LogP contribution in [0.25, 0.3) is 16.9 Å². The topological polar surface area (TPSA) is 68.0 Å². The summed E-state index contributed by atoms with van der Waals surface area (Å²) in [7, 11) is 3.04. The van der Waals surface area contributed by atoms with Crippen molar-refractivity contribution >= 4 is 17.2 Å². The summed E-state index contributed by atoms with van der Waals surface area (Å²) in [6.07, 6.45) is 2.98. The maximum Gasteiger partial charge on any atom is 0.200 e. The van der Waals surface area contributed by atoms with Gasteiger partial charge in [0.05, 0.1) is 14.2 Å². The molecule has 0 radical (unpaired) electrons. The normalized spacial score (nSPS) is 11.0. The van der Waals surface area contributed by atoms with Gasteiger partial charge in [-0.15, -0.1) is 0 Å². The number of phenols is 1.